The van der Waals surface area contributed by atoms with Gasteiger partial charge in [0.2, 0.25) is 0 Å². The lowest BCUT2D eigenvalue weighted by Gasteiger charge is -2.15. The third kappa shape index (κ3) is 4.82. The Bertz CT molecular complexity index is 1600. The maximum atomic E-state index is 13.4. The number of non-ortho nitro benzene ring substituents is 1. The third-order valence-corrected chi connectivity index (χ3v) is 6.00. The van der Waals surface area contributed by atoms with Crippen LogP contribution in [0.15, 0.2) is 91.0 Å². The van der Waals surface area contributed by atoms with E-state index in [1.165, 1.54) is 48.5 Å². The summed E-state index contributed by atoms with van der Waals surface area (Å²) >= 11 is 5.92. The summed E-state index contributed by atoms with van der Waals surface area (Å²) in [5, 5.41) is 11.5. The smallest absolute Gasteiger partial charge is 0.338 e. The number of hydrogen-bond donors (Lipinski definition) is 0. The third-order valence-electron chi connectivity index (χ3n) is 5.75. The van der Waals surface area contributed by atoms with E-state index < -0.39 is 22.7 Å². The molecule has 0 saturated heterocycles. The first-order valence-electron chi connectivity index (χ1n) is 11.3. The van der Waals surface area contributed by atoms with E-state index in [9.17, 15) is 24.5 Å². The molecule has 38 heavy (non-hydrogen) atoms. The Hall–Kier alpha value is -5.02. The zero-order valence-electron chi connectivity index (χ0n) is 19.5. The SMILES string of the molecule is O=C(OCc1cccc([N+](=O)[O-])c1)c1cccc(N2C(=O)c3cccc(Oc4ccc(Cl)cc4)c3C2=O)c1. The average molecular weight is 529 g/mol. The van der Waals surface area contributed by atoms with E-state index in [2.05, 4.69) is 0 Å². The van der Waals surface area contributed by atoms with Crippen LogP contribution in [0.2, 0.25) is 5.02 Å². The molecule has 0 N–H and O–H groups in total. The van der Waals surface area contributed by atoms with Crippen LogP contribution in [0.5, 0.6) is 11.5 Å². The second kappa shape index (κ2) is 10.2. The number of carbonyl (C=O) groups excluding carboxylic acids is 3. The van der Waals surface area contributed by atoms with E-state index in [1.807, 2.05) is 0 Å². The molecule has 0 spiro atoms. The monoisotopic (exact) mass is 528 g/mol. The van der Waals surface area contributed by atoms with Crippen molar-refractivity contribution in [2.45, 2.75) is 6.61 Å². The highest BCUT2D eigenvalue weighted by molar-refractivity contribution is 6.35. The van der Waals surface area contributed by atoms with Gasteiger partial charge in [0.25, 0.3) is 17.5 Å². The van der Waals surface area contributed by atoms with Crippen molar-refractivity contribution in [2.75, 3.05) is 4.90 Å². The lowest BCUT2D eigenvalue weighted by molar-refractivity contribution is -0.384. The van der Waals surface area contributed by atoms with Gasteiger partial charge in [-0.05, 0) is 60.2 Å². The Morgan fingerprint density at radius 1 is 0.895 bits per heavy atom. The second-order valence-electron chi connectivity index (χ2n) is 8.23. The summed E-state index contributed by atoms with van der Waals surface area (Å²) in [6, 6.07) is 22.9. The second-order valence-corrected chi connectivity index (χ2v) is 8.67. The molecule has 4 aromatic carbocycles. The molecule has 4 aromatic rings. The van der Waals surface area contributed by atoms with Crippen molar-refractivity contribution in [3.8, 4) is 11.5 Å². The molecule has 0 saturated carbocycles. The van der Waals surface area contributed by atoms with Gasteiger partial charge in [0.15, 0.2) is 0 Å². The molecule has 9 nitrogen and oxygen atoms in total. The minimum Gasteiger partial charge on any atom is -0.457 e. The number of amides is 2. The van der Waals surface area contributed by atoms with Crippen molar-refractivity contribution in [2.24, 2.45) is 0 Å². The molecular formula is C28H17ClN2O7. The van der Waals surface area contributed by atoms with Crippen LogP contribution in [0.3, 0.4) is 0 Å². The Morgan fingerprint density at radius 2 is 1.63 bits per heavy atom. The molecule has 0 fully saturated rings. The molecule has 0 bridgehead atoms. The molecule has 5 rings (SSSR count). The normalized spacial score (nSPS) is 12.3. The van der Waals surface area contributed by atoms with Crippen molar-refractivity contribution >= 4 is 40.8 Å². The highest BCUT2D eigenvalue weighted by atomic mass is 35.5. The molecule has 10 heteroatoms. The first-order chi connectivity index (χ1) is 18.3. The van der Waals surface area contributed by atoms with Crippen LogP contribution in [0.4, 0.5) is 11.4 Å². The molecule has 1 aliphatic heterocycles. The van der Waals surface area contributed by atoms with Gasteiger partial charge in [-0.25, -0.2) is 9.69 Å². The Labute approximate surface area is 220 Å². The number of imide groups is 1. The number of esters is 1. The molecule has 2 amide bonds. The van der Waals surface area contributed by atoms with Crippen LogP contribution < -0.4 is 9.64 Å². The largest absolute Gasteiger partial charge is 0.457 e. The summed E-state index contributed by atoms with van der Waals surface area (Å²) in [7, 11) is 0. The number of nitro benzene ring substituents is 1. The van der Waals surface area contributed by atoms with Gasteiger partial charge >= 0.3 is 5.97 Å². The maximum absolute atomic E-state index is 13.4. The van der Waals surface area contributed by atoms with Gasteiger partial charge in [-0.1, -0.05) is 35.9 Å². The van der Waals surface area contributed by atoms with Crippen molar-refractivity contribution in [1.82, 2.24) is 0 Å². The van der Waals surface area contributed by atoms with E-state index in [-0.39, 0.29) is 40.4 Å². The Balaban J connectivity index is 1.36. The topological polar surface area (TPSA) is 116 Å². The fraction of sp³-hybridized carbons (Fsp3) is 0.0357. The van der Waals surface area contributed by atoms with E-state index in [0.717, 1.165) is 4.90 Å². The van der Waals surface area contributed by atoms with E-state index in [1.54, 1.807) is 42.5 Å². The molecular weight excluding hydrogens is 512 g/mol. The Kier molecular flexibility index (Phi) is 6.59. The molecule has 0 atom stereocenters. The maximum Gasteiger partial charge on any atom is 0.338 e. The van der Waals surface area contributed by atoms with Gasteiger partial charge in [0.05, 0.1) is 27.3 Å². The fourth-order valence-corrected chi connectivity index (χ4v) is 4.09. The van der Waals surface area contributed by atoms with Gasteiger partial charge in [-0.15, -0.1) is 0 Å². The van der Waals surface area contributed by atoms with Gasteiger partial charge in [0.1, 0.15) is 18.1 Å². The predicted octanol–water partition coefficient (Wildman–Crippen LogP) is 6.20. The molecule has 1 aliphatic rings. The number of fused-ring (bicyclic) bond motifs is 1. The number of rotatable bonds is 7. The van der Waals surface area contributed by atoms with E-state index >= 15 is 0 Å². The predicted molar refractivity (Wildman–Crippen MR) is 138 cm³/mol. The van der Waals surface area contributed by atoms with Gasteiger partial charge in [-0.3, -0.25) is 19.7 Å². The summed E-state index contributed by atoms with van der Waals surface area (Å²) in [6.07, 6.45) is 0. The fourth-order valence-electron chi connectivity index (χ4n) is 3.97. The first kappa shape index (κ1) is 24.7. The summed E-state index contributed by atoms with van der Waals surface area (Å²) in [5.74, 6) is -1.24. The van der Waals surface area contributed by atoms with Crippen LogP contribution in [0.25, 0.3) is 0 Å². The van der Waals surface area contributed by atoms with E-state index in [0.29, 0.717) is 16.3 Å². The van der Waals surface area contributed by atoms with Crippen molar-refractivity contribution in [3.63, 3.8) is 0 Å². The van der Waals surface area contributed by atoms with E-state index in [4.69, 9.17) is 21.1 Å². The molecule has 188 valence electrons. The van der Waals surface area contributed by atoms with Crippen LogP contribution >= 0.6 is 11.6 Å². The molecule has 0 aliphatic carbocycles. The van der Waals surface area contributed by atoms with Crippen molar-refractivity contribution in [1.29, 1.82) is 0 Å². The average Bonchev–Trinajstić information content (AvgIpc) is 3.19. The number of hydrogen-bond acceptors (Lipinski definition) is 7. The van der Waals surface area contributed by atoms with Gasteiger partial charge in [0, 0.05) is 17.2 Å². The number of halogens is 1. The number of benzene rings is 4. The van der Waals surface area contributed by atoms with Crippen LogP contribution in [-0.4, -0.2) is 22.7 Å². The highest BCUT2D eigenvalue weighted by Crippen LogP contribution is 2.36. The first-order valence-corrected chi connectivity index (χ1v) is 11.7. The van der Waals surface area contributed by atoms with Crippen molar-refractivity contribution in [3.05, 3.63) is 128 Å². The number of anilines is 1. The van der Waals surface area contributed by atoms with Crippen LogP contribution in [0, 0.1) is 10.1 Å². The number of ether oxygens (including phenoxy) is 2. The highest BCUT2D eigenvalue weighted by Gasteiger charge is 2.39. The minimum absolute atomic E-state index is 0.0992. The summed E-state index contributed by atoms with van der Waals surface area (Å²) in [5.41, 5.74) is 0.870. The zero-order valence-corrected chi connectivity index (χ0v) is 20.3. The number of nitrogens with zero attached hydrogens (tertiary/aromatic N) is 2. The molecule has 0 radical (unpaired) electrons. The summed E-state index contributed by atoms with van der Waals surface area (Å²) < 4.78 is 11.2. The Morgan fingerprint density at radius 3 is 2.39 bits per heavy atom. The standard InChI is InChI=1S/C28H17ClN2O7/c29-19-10-12-22(13-11-19)38-24-9-3-8-23-25(24)27(33)30(26(23)32)20-6-2-5-18(15-20)28(34)37-16-17-4-1-7-21(14-17)31(35)36/h1-15H,16H2. The summed E-state index contributed by atoms with van der Waals surface area (Å²) in [4.78, 5) is 50.7. The number of nitro groups is 1. The molecule has 0 unspecified atom stereocenters. The zero-order chi connectivity index (χ0) is 26.8. The lowest BCUT2D eigenvalue weighted by Crippen LogP contribution is -2.29. The van der Waals surface area contributed by atoms with Gasteiger partial charge < -0.3 is 9.47 Å². The van der Waals surface area contributed by atoms with Crippen molar-refractivity contribution < 1.29 is 28.8 Å². The lowest BCUT2D eigenvalue weighted by atomic mass is 10.1. The summed E-state index contributed by atoms with van der Waals surface area (Å²) in [6.45, 7) is -0.191. The minimum atomic E-state index is -0.721. The number of carbonyl (C=O) groups is 3. The van der Waals surface area contributed by atoms with Crippen LogP contribution in [0.1, 0.15) is 36.6 Å². The van der Waals surface area contributed by atoms with Crippen LogP contribution in [-0.2, 0) is 11.3 Å². The van der Waals surface area contributed by atoms with Gasteiger partial charge in [-0.2, -0.15) is 0 Å². The molecule has 0 aromatic heterocycles. The molecule has 1 heterocycles. The quantitative estimate of drug-likeness (QED) is 0.121.